The van der Waals surface area contributed by atoms with Gasteiger partial charge in [-0.2, -0.15) is 17.8 Å². The number of halogens is 4. The first kappa shape index (κ1) is 50.2. The molecule has 4 aromatic carbocycles. The number of benzene rings is 4. The second-order valence-electron chi connectivity index (χ2n) is 17.7. The van der Waals surface area contributed by atoms with E-state index in [1.165, 1.54) is 36.4 Å². The summed E-state index contributed by atoms with van der Waals surface area (Å²) in [5, 5.41) is 13.6. The molecule has 4 saturated heterocycles. The number of sulfonamides is 1. The van der Waals surface area contributed by atoms with Gasteiger partial charge in [-0.15, -0.1) is 11.8 Å². The van der Waals surface area contributed by atoms with Crippen LogP contribution < -0.4 is 24.3 Å². The van der Waals surface area contributed by atoms with Crippen molar-refractivity contribution >= 4 is 63.0 Å². The molecule has 1 N–H and O–H groups in total. The van der Waals surface area contributed by atoms with Gasteiger partial charge in [0.15, 0.2) is 29.3 Å². The Bertz CT molecular complexity index is 2850. The molecule has 1 aliphatic carbocycles. The predicted octanol–water partition coefficient (Wildman–Crippen LogP) is 8.74. The molecule has 0 spiro atoms. The van der Waals surface area contributed by atoms with E-state index in [0.717, 1.165) is 78.9 Å². The lowest BCUT2D eigenvalue weighted by Crippen LogP contribution is -2.52. The van der Waals surface area contributed by atoms with Crippen molar-refractivity contribution in [2.45, 2.75) is 67.2 Å². The zero-order chi connectivity index (χ0) is 49.8. The highest BCUT2D eigenvalue weighted by atomic mass is 35.5. The molecular formula is C50H48Cl2F2N4O11S2. The molecule has 4 aliphatic heterocycles. The molecule has 10 rings (SSSR count). The standard InChI is InChI=1S/C50H48Cl2F2N4O11S2/c51-39-26-57(62)27-40(52)38(39)25-42(33-14-15-41(68-49(53)54)43(24-33)65-29-30-12-13-30)67-48(60)46-58(20-21-70-46)71(63,64)37-11-5-9-35(23-37)47(59)66-36-10-4-8-34(22-36)45(32-6-2-1-3-7-32)55-50(61)69-44-28-56-18-16-31(44)17-19-56/h1-11,14-15,22-24,26-27,30-31,42,44-46,49H,12-13,16-21,25,28-29H2,(H,55,61)/t42-,44-,45?,46-/m0/s1. The van der Waals surface area contributed by atoms with Crippen molar-refractivity contribution in [1.29, 1.82) is 0 Å². The van der Waals surface area contributed by atoms with Crippen molar-refractivity contribution in [3.05, 3.63) is 153 Å². The minimum Gasteiger partial charge on any atom is -0.619 e. The molecule has 0 radical (unpaired) electrons. The van der Waals surface area contributed by atoms with Gasteiger partial charge in [-0.25, -0.2) is 22.8 Å². The van der Waals surface area contributed by atoms with Gasteiger partial charge in [-0.1, -0.05) is 77.8 Å². The fourth-order valence-electron chi connectivity index (χ4n) is 8.93. The second kappa shape index (κ2) is 22.0. The summed E-state index contributed by atoms with van der Waals surface area (Å²) in [7, 11) is -4.48. The number of ether oxygens (including phenoxy) is 5. The summed E-state index contributed by atoms with van der Waals surface area (Å²) in [5.74, 6) is -1.23. The number of alkyl halides is 2. The number of pyridine rings is 1. The molecule has 374 valence electrons. The number of carbonyl (C=O) groups is 3. The van der Waals surface area contributed by atoms with Crippen molar-refractivity contribution in [3.63, 3.8) is 0 Å². The number of thioether (sulfide) groups is 1. The summed E-state index contributed by atoms with van der Waals surface area (Å²) < 4.78 is 85.4. The molecule has 5 aromatic rings. The van der Waals surface area contributed by atoms with Crippen LogP contribution in [0, 0.1) is 17.0 Å². The van der Waals surface area contributed by atoms with Gasteiger partial charge in [-0.05, 0) is 110 Å². The van der Waals surface area contributed by atoms with Crippen LogP contribution in [0.3, 0.4) is 0 Å². The van der Waals surface area contributed by atoms with Crippen molar-refractivity contribution in [1.82, 2.24) is 14.5 Å². The molecule has 5 fully saturated rings. The predicted molar refractivity (Wildman–Crippen MR) is 258 cm³/mol. The van der Waals surface area contributed by atoms with Crippen molar-refractivity contribution in [2.75, 3.05) is 38.5 Å². The molecule has 4 atom stereocenters. The Morgan fingerprint density at radius 1 is 0.845 bits per heavy atom. The Labute approximate surface area is 422 Å². The molecule has 1 unspecified atom stereocenters. The van der Waals surface area contributed by atoms with Crippen LogP contribution in [0.2, 0.25) is 10.0 Å². The number of carbonyl (C=O) groups excluding carboxylic acids is 3. The third-order valence-electron chi connectivity index (χ3n) is 12.8. The van der Waals surface area contributed by atoms with Gasteiger partial charge in [0, 0.05) is 30.8 Å². The topological polar surface area (TPSA) is 177 Å². The van der Waals surface area contributed by atoms with Crippen LogP contribution in [0.1, 0.15) is 70.4 Å². The number of rotatable bonds is 18. The second-order valence-corrected chi connectivity index (χ2v) is 21.6. The van der Waals surface area contributed by atoms with E-state index in [2.05, 4.69) is 10.2 Å². The number of hydrogen-bond donors (Lipinski definition) is 1. The summed E-state index contributed by atoms with van der Waals surface area (Å²) in [4.78, 5) is 43.4. The lowest BCUT2D eigenvalue weighted by atomic mass is 9.86. The van der Waals surface area contributed by atoms with E-state index in [-0.39, 0.29) is 86.2 Å². The maximum atomic E-state index is 14.4. The van der Waals surface area contributed by atoms with E-state index in [0.29, 0.717) is 22.8 Å². The van der Waals surface area contributed by atoms with Crippen LogP contribution in [0.15, 0.2) is 114 Å². The maximum Gasteiger partial charge on any atom is 0.408 e. The lowest BCUT2D eigenvalue weighted by Gasteiger charge is -2.43. The zero-order valence-electron chi connectivity index (χ0n) is 37.9. The molecule has 1 saturated carbocycles. The lowest BCUT2D eigenvalue weighted by molar-refractivity contribution is -0.605. The molecule has 5 aliphatic rings. The molecule has 1 aromatic heterocycles. The van der Waals surface area contributed by atoms with Crippen LogP contribution in [0.4, 0.5) is 13.6 Å². The first-order valence-corrected chi connectivity index (χ1v) is 26.2. The fraction of sp³-hybridized carbons (Fsp3) is 0.360. The first-order chi connectivity index (χ1) is 34.2. The van der Waals surface area contributed by atoms with Gasteiger partial charge >= 0.3 is 24.6 Å². The molecule has 21 heteroatoms. The highest BCUT2D eigenvalue weighted by molar-refractivity contribution is 8.02. The van der Waals surface area contributed by atoms with E-state index in [9.17, 15) is 36.8 Å². The summed E-state index contributed by atoms with van der Waals surface area (Å²) in [6, 6.07) is 24.5. The number of aromatic nitrogens is 1. The molecule has 71 heavy (non-hydrogen) atoms. The monoisotopic (exact) mass is 1050 g/mol. The zero-order valence-corrected chi connectivity index (χ0v) is 41.0. The molecule has 1 amide bonds. The molecule has 15 nitrogen and oxygen atoms in total. The van der Waals surface area contributed by atoms with Crippen LogP contribution in [0.5, 0.6) is 17.2 Å². The number of esters is 2. The Morgan fingerprint density at radius 3 is 2.28 bits per heavy atom. The molecule has 5 heterocycles. The Kier molecular flexibility index (Phi) is 15.5. The highest BCUT2D eigenvalue weighted by Gasteiger charge is 2.43. The number of piperidine rings is 3. The third kappa shape index (κ3) is 12.2. The van der Waals surface area contributed by atoms with Crippen LogP contribution in [-0.4, -0.2) is 92.3 Å². The van der Waals surface area contributed by atoms with E-state index < -0.39 is 52.2 Å². The van der Waals surface area contributed by atoms with Gasteiger partial charge in [0.1, 0.15) is 28.0 Å². The van der Waals surface area contributed by atoms with Gasteiger partial charge in [0.05, 0.1) is 23.1 Å². The van der Waals surface area contributed by atoms with Crippen LogP contribution >= 0.6 is 35.0 Å². The van der Waals surface area contributed by atoms with Crippen molar-refractivity contribution in [3.8, 4) is 17.2 Å². The van der Waals surface area contributed by atoms with E-state index in [4.69, 9.17) is 46.9 Å². The van der Waals surface area contributed by atoms with E-state index in [1.807, 2.05) is 30.3 Å². The fourth-order valence-corrected chi connectivity index (χ4v) is 12.6. The SMILES string of the molecule is O=C(NC(c1ccccc1)c1cccc(OC(=O)c2cccc(S(=O)(=O)N3CCS[C@H]3C(=O)O[C@@H](Cc3c(Cl)c[n+]([O-])cc3Cl)c3ccc(OC(F)F)c(OCC4CC4)c3)c2)c1)O[C@H]1CN2CCC1CC2. The van der Waals surface area contributed by atoms with E-state index in [1.54, 1.807) is 24.3 Å². The number of fused-ring (bicyclic) bond motifs is 3. The van der Waals surface area contributed by atoms with Crippen molar-refractivity contribution < 1.29 is 60.0 Å². The maximum absolute atomic E-state index is 14.4. The highest BCUT2D eigenvalue weighted by Crippen LogP contribution is 2.40. The van der Waals surface area contributed by atoms with Gasteiger partial charge < -0.3 is 34.2 Å². The minimum absolute atomic E-state index is 0.0333. The summed E-state index contributed by atoms with van der Waals surface area (Å²) in [5.41, 5.74) is 1.73. The average Bonchev–Trinajstić information content (AvgIpc) is 4.05. The number of amides is 1. The van der Waals surface area contributed by atoms with Gasteiger partial charge in [0.25, 0.3) is 0 Å². The van der Waals surface area contributed by atoms with Crippen LogP contribution in [0.25, 0.3) is 0 Å². The van der Waals surface area contributed by atoms with Gasteiger partial charge in [0.2, 0.25) is 10.0 Å². The number of nitrogens with zero attached hydrogens (tertiary/aromatic N) is 3. The smallest absolute Gasteiger partial charge is 0.408 e. The average molecular weight is 1050 g/mol. The summed E-state index contributed by atoms with van der Waals surface area (Å²) in [6.07, 6.45) is 3.65. The summed E-state index contributed by atoms with van der Waals surface area (Å²) in [6.45, 7) is -0.328. The van der Waals surface area contributed by atoms with Crippen molar-refractivity contribution in [2.24, 2.45) is 11.8 Å². The summed E-state index contributed by atoms with van der Waals surface area (Å²) >= 11 is 13.9. The largest absolute Gasteiger partial charge is 0.619 e. The van der Waals surface area contributed by atoms with E-state index >= 15 is 0 Å². The third-order valence-corrected chi connectivity index (χ3v) is 16.6. The Balaban J connectivity index is 0.917. The Morgan fingerprint density at radius 2 is 1.58 bits per heavy atom. The molecule has 2 bridgehead atoms. The normalized spacial score (nSPS) is 20.7. The van der Waals surface area contributed by atoms with Gasteiger partial charge in [-0.3, -0.25) is 4.90 Å². The molecular weight excluding hydrogens is 1010 g/mol. The number of alkyl carbamates (subject to hydrolysis) is 1. The number of nitrogens with one attached hydrogen (secondary N) is 1. The first-order valence-electron chi connectivity index (χ1n) is 23.0. The minimum atomic E-state index is -4.48. The van der Waals surface area contributed by atoms with Crippen LogP contribution in [-0.2, 0) is 30.7 Å². The Hall–Kier alpha value is -5.70. The number of hydrogen-bond acceptors (Lipinski definition) is 13. The quantitative estimate of drug-likeness (QED) is 0.0382.